The number of H-pyrrole nitrogens is 1. The Kier molecular flexibility index (Phi) is 8.28. The number of aromatic amines is 1. The number of amides is 1. The maximum absolute atomic E-state index is 15.3. The highest BCUT2D eigenvalue weighted by atomic mass is 32.2. The lowest BCUT2D eigenvalue weighted by atomic mass is 9.93. The standard InChI is InChI=1S/C36H29F7N6O4S/c1-35(4-5-35)54(52,53)15-28(50)22-9-17(2-3-24(22)39)20-12-25-27(13-44-47-25)46-31(20)26(8-16-6-18(37)10-19(38)7-16)45-29(51)14-49-33-30(32(48-49)34(40)41)21-11-23(21)36(33,42)43/h2-3,6-7,9-10,12-13,21,23,26,34H,4-5,8,11,14-15H2,1H3,(H,44,47)(H,45,51)/t21-,23+,26-/m0/s1. The maximum atomic E-state index is 15.3. The van der Waals surface area contributed by atoms with Crippen molar-refractivity contribution in [3.8, 4) is 11.1 Å². The third-order valence-corrected chi connectivity index (χ3v) is 13.1. The molecule has 5 aromatic rings. The Morgan fingerprint density at radius 2 is 1.76 bits per heavy atom. The number of nitrogens with zero attached hydrogens (tertiary/aromatic N) is 4. The number of benzene rings is 2. The largest absolute Gasteiger partial charge is 0.346 e. The first-order valence-electron chi connectivity index (χ1n) is 16.9. The van der Waals surface area contributed by atoms with Crippen LogP contribution in [0.1, 0.15) is 83.1 Å². The molecule has 0 spiro atoms. The average Bonchev–Trinajstić information content (AvgIpc) is 3.94. The van der Waals surface area contributed by atoms with Gasteiger partial charge in [-0.1, -0.05) is 6.07 Å². The fourth-order valence-electron chi connectivity index (χ4n) is 7.34. The Morgan fingerprint density at radius 3 is 2.44 bits per heavy atom. The van der Waals surface area contributed by atoms with Crippen LogP contribution in [0.15, 0.2) is 48.7 Å². The first-order chi connectivity index (χ1) is 25.5. The van der Waals surface area contributed by atoms with Crippen molar-refractivity contribution in [1.29, 1.82) is 0 Å². The van der Waals surface area contributed by atoms with E-state index in [2.05, 4.69) is 25.6 Å². The SMILES string of the molecule is CC1(S(=O)(=O)CC(=O)c2cc(-c3cc4[nH]ncc4nc3[C@H](Cc3cc(F)cc(F)c3)NC(=O)Cn3nc(C(F)F)c4c3C(F)(F)[C@@H]3C[C@H]43)ccc2F)CC1. The van der Waals surface area contributed by atoms with E-state index in [1.165, 1.54) is 25.3 Å². The van der Waals surface area contributed by atoms with Gasteiger partial charge in [-0.05, 0) is 80.0 Å². The van der Waals surface area contributed by atoms with Crippen molar-refractivity contribution in [2.24, 2.45) is 5.92 Å². The van der Waals surface area contributed by atoms with Crippen LogP contribution in [-0.2, 0) is 33.5 Å². The van der Waals surface area contributed by atoms with E-state index < -0.39 is 103 Å². The van der Waals surface area contributed by atoms with Gasteiger partial charge in [-0.2, -0.15) is 19.0 Å². The number of pyridine rings is 1. The van der Waals surface area contributed by atoms with Gasteiger partial charge < -0.3 is 5.32 Å². The van der Waals surface area contributed by atoms with E-state index in [1.807, 2.05) is 0 Å². The Labute approximate surface area is 302 Å². The Morgan fingerprint density at radius 1 is 1.04 bits per heavy atom. The zero-order valence-electron chi connectivity index (χ0n) is 28.1. The van der Waals surface area contributed by atoms with Crippen LogP contribution in [0.2, 0.25) is 0 Å². The Bertz CT molecular complexity index is 2480. The summed E-state index contributed by atoms with van der Waals surface area (Å²) in [5.74, 6) is -11.3. The lowest BCUT2D eigenvalue weighted by Gasteiger charge is -2.23. The first-order valence-corrected chi connectivity index (χ1v) is 18.5. The minimum absolute atomic E-state index is 0.00409. The lowest BCUT2D eigenvalue weighted by molar-refractivity contribution is -0.123. The van der Waals surface area contributed by atoms with Crippen molar-refractivity contribution in [3.05, 3.63) is 99.9 Å². The van der Waals surface area contributed by atoms with E-state index in [-0.39, 0.29) is 46.3 Å². The van der Waals surface area contributed by atoms with Crippen molar-refractivity contribution < 1.29 is 48.7 Å². The molecule has 2 N–H and O–H groups in total. The molecule has 2 aromatic carbocycles. The van der Waals surface area contributed by atoms with Crippen LogP contribution in [0, 0.1) is 23.4 Å². The third kappa shape index (κ3) is 6.13. The van der Waals surface area contributed by atoms with Crippen LogP contribution < -0.4 is 5.32 Å². The molecule has 10 nitrogen and oxygen atoms in total. The van der Waals surface area contributed by atoms with Crippen LogP contribution in [0.3, 0.4) is 0 Å². The highest BCUT2D eigenvalue weighted by Gasteiger charge is 2.67. The first kappa shape index (κ1) is 35.9. The number of nitrogens with one attached hydrogen (secondary N) is 2. The summed E-state index contributed by atoms with van der Waals surface area (Å²) in [5, 5.41) is 13.0. The number of hydrogen-bond donors (Lipinski definition) is 2. The van der Waals surface area contributed by atoms with Crippen LogP contribution in [0.25, 0.3) is 22.2 Å². The molecule has 282 valence electrons. The second-order valence-electron chi connectivity index (χ2n) is 14.3. The lowest BCUT2D eigenvalue weighted by Crippen LogP contribution is -2.35. The van der Waals surface area contributed by atoms with Crippen molar-refractivity contribution in [1.82, 2.24) is 30.3 Å². The number of hydrogen-bond acceptors (Lipinski definition) is 7. The zero-order valence-corrected chi connectivity index (χ0v) is 29.0. The normalized spacial score (nSPS) is 19.8. The van der Waals surface area contributed by atoms with Crippen LogP contribution in [0.4, 0.5) is 30.7 Å². The topological polar surface area (TPSA) is 140 Å². The number of fused-ring (bicyclic) bond motifs is 4. The second kappa shape index (κ2) is 12.5. The minimum atomic E-state index is -3.91. The molecule has 3 atom stereocenters. The van der Waals surface area contributed by atoms with Crippen molar-refractivity contribution in [2.75, 3.05) is 5.75 Å². The highest BCUT2D eigenvalue weighted by Crippen LogP contribution is 2.68. The molecule has 2 saturated carbocycles. The van der Waals surface area contributed by atoms with Gasteiger partial charge in [0.1, 0.15) is 46.7 Å². The molecular formula is C36H29F7N6O4S. The summed E-state index contributed by atoms with van der Waals surface area (Å²) in [4.78, 5) is 31.6. The summed E-state index contributed by atoms with van der Waals surface area (Å²) < 4.78 is 128. The van der Waals surface area contributed by atoms with E-state index in [4.69, 9.17) is 0 Å². The smallest absolute Gasteiger partial charge is 0.293 e. The summed E-state index contributed by atoms with van der Waals surface area (Å²) in [6, 6.07) is 6.15. The fourth-order valence-corrected chi connectivity index (χ4v) is 8.92. The van der Waals surface area contributed by atoms with Gasteiger partial charge in [-0.25, -0.2) is 35.4 Å². The molecule has 3 aliphatic carbocycles. The Balaban J connectivity index is 1.19. The van der Waals surface area contributed by atoms with Crippen molar-refractivity contribution in [3.63, 3.8) is 0 Å². The molecule has 1 amide bonds. The second-order valence-corrected chi connectivity index (χ2v) is 16.8. The van der Waals surface area contributed by atoms with Gasteiger partial charge in [-0.3, -0.25) is 19.4 Å². The molecule has 54 heavy (non-hydrogen) atoms. The van der Waals surface area contributed by atoms with Gasteiger partial charge in [0.25, 0.3) is 12.3 Å². The zero-order chi connectivity index (χ0) is 38.5. The predicted molar refractivity (Wildman–Crippen MR) is 178 cm³/mol. The van der Waals surface area contributed by atoms with E-state index in [0.29, 0.717) is 29.1 Å². The summed E-state index contributed by atoms with van der Waals surface area (Å²) in [6.45, 7) is 0.578. The van der Waals surface area contributed by atoms with Gasteiger partial charge >= 0.3 is 0 Å². The molecule has 3 aromatic heterocycles. The summed E-state index contributed by atoms with van der Waals surface area (Å²) in [7, 11) is -3.91. The Hall–Kier alpha value is -5.13. The molecular weight excluding hydrogens is 745 g/mol. The van der Waals surface area contributed by atoms with Crippen LogP contribution >= 0.6 is 0 Å². The van der Waals surface area contributed by atoms with Gasteiger partial charge in [-0.15, -0.1) is 0 Å². The predicted octanol–water partition coefficient (Wildman–Crippen LogP) is 6.64. The molecule has 0 aliphatic heterocycles. The van der Waals surface area contributed by atoms with Crippen LogP contribution in [-0.4, -0.2) is 55.6 Å². The molecule has 2 fully saturated rings. The number of alkyl halides is 4. The van der Waals surface area contributed by atoms with Gasteiger partial charge in [0, 0.05) is 23.1 Å². The van der Waals surface area contributed by atoms with Crippen LogP contribution in [0.5, 0.6) is 0 Å². The maximum Gasteiger partial charge on any atom is 0.293 e. The number of Topliss-reactive ketones (excluding diaryl/α,β-unsaturated/α-hetero) is 1. The number of carbonyl (C=O) groups excluding carboxylic acids is 2. The van der Waals surface area contributed by atoms with Gasteiger partial charge in [0.15, 0.2) is 15.6 Å². The van der Waals surface area contributed by atoms with Gasteiger partial charge in [0.2, 0.25) is 5.91 Å². The number of halogens is 7. The quantitative estimate of drug-likeness (QED) is 0.107. The molecule has 0 unspecified atom stereocenters. The molecule has 3 aliphatic rings. The number of sulfone groups is 1. The molecule has 3 heterocycles. The van der Waals surface area contributed by atoms with E-state index in [0.717, 1.165) is 24.3 Å². The van der Waals surface area contributed by atoms with E-state index in [1.54, 1.807) is 0 Å². The average molecular weight is 775 g/mol. The molecule has 0 radical (unpaired) electrons. The minimum Gasteiger partial charge on any atom is -0.346 e. The molecule has 18 heteroatoms. The summed E-state index contributed by atoms with van der Waals surface area (Å²) >= 11 is 0. The molecule has 0 bridgehead atoms. The number of aromatic nitrogens is 5. The van der Waals surface area contributed by atoms with Crippen molar-refractivity contribution in [2.45, 2.75) is 68.2 Å². The molecule has 0 saturated heterocycles. The number of rotatable bonds is 12. The van der Waals surface area contributed by atoms with Gasteiger partial charge in [0.05, 0.1) is 33.8 Å². The van der Waals surface area contributed by atoms with Crippen molar-refractivity contribution >= 4 is 32.6 Å². The third-order valence-electron chi connectivity index (χ3n) is 10.5. The number of carbonyl (C=O) groups is 2. The highest BCUT2D eigenvalue weighted by molar-refractivity contribution is 7.93. The monoisotopic (exact) mass is 774 g/mol. The van der Waals surface area contributed by atoms with E-state index in [9.17, 15) is 35.6 Å². The fraction of sp³-hybridized carbons (Fsp3) is 0.361. The summed E-state index contributed by atoms with van der Waals surface area (Å²) in [5.41, 5.74) is -1.53. The number of ketones is 1. The van der Waals surface area contributed by atoms with E-state index >= 15 is 13.2 Å². The summed E-state index contributed by atoms with van der Waals surface area (Å²) in [6.07, 6.45) is -1.45. The molecule has 8 rings (SSSR count).